The number of nitrogens with one attached hydrogen (secondary N) is 1. The number of aromatic nitrogens is 4. The standard InChI is InChI=1S/C25H34FN6O7P/c1-14(2)37-25(34)15(3)30-40(35,39-17-10-8-7-9-11-17)36-12-18-21(33)19(26)24(38-18)32-13-27-20-22(31(5)6)28-16(4)29-23(20)32/h7-11,13-15,18-19,21,24,33H,12H2,1-6H3,(H,30,35)/t15-,18-,19-,21-,24-,40?/m1/s1. The molecule has 3 heterocycles. The van der Waals surface area contributed by atoms with E-state index in [-0.39, 0.29) is 5.75 Å². The smallest absolute Gasteiger partial charge is 0.459 e. The third-order valence-electron chi connectivity index (χ3n) is 5.94. The number of aliphatic hydroxyl groups excluding tert-OH is 1. The number of para-hydroxylation sites is 1. The third kappa shape index (κ3) is 6.58. The van der Waals surface area contributed by atoms with E-state index in [1.54, 1.807) is 70.1 Å². The van der Waals surface area contributed by atoms with E-state index in [2.05, 4.69) is 20.0 Å². The summed E-state index contributed by atoms with van der Waals surface area (Å²) in [5.74, 6) is 0.527. The Bertz CT molecular complexity index is 1370. The van der Waals surface area contributed by atoms with Gasteiger partial charge in [0, 0.05) is 14.1 Å². The summed E-state index contributed by atoms with van der Waals surface area (Å²) in [6, 6.07) is 7.12. The number of hydrogen-bond donors (Lipinski definition) is 2. The first-order valence-electron chi connectivity index (χ1n) is 12.7. The summed E-state index contributed by atoms with van der Waals surface area (Å²) in [7, 11) is -0.646. The van der Waals surface area contributed by atoms with Crippen molar-refractivity contribution in [3.63, 3.8) is 0 Å². The lowest BCUT2D eigenvalue weighted by Gasteiger charge is -2.25. The molecule has 0 spiro atoms. The number of imidazole rings is 1. The fourth-order valence-electron chi connectivity index (χ4n) is 4.08. The van der Waals surface area contributed by atoms with E-state index in [4.69, 9.17) is 18.5 Å². The van der Waals surface area contributed by atoms with Gasteiger partial charge in [0.15, 0.2) is 29.4 Å². The number of fused-ring (bicyclic) bond motifs is 1. The van der Waals surface area contributed by atoms with E-state index in [0.717, 1.165) is 0 Å². The zero-order valence-electron chi connectivity index (χ0n) is 23.1. The predicted molar refractivity (Wildman–Crippen MR) is 144 cm³/mol. The van der Waals surface area contributed by atoms with Gasteiger partial charge in [-0.15, -0.1) is 0 Å². The minimum atomic E-state index is -4.25. The van der Waals surface area contributed by atoms with Crippen molar-refractivity contribution in [1.29, 1.82) is 0 Å². The van der Waals surface area contributed by atoms with Gasteiger partial charge in [-0.3, -0.25) is 13.9 Å². The van der Waals surface area contributed by atoms with Gasteiger partial charge < -0.3 is 24.0 Å². The number of anilines is 1. The lowest BCUT2D eigenvalue weighted by Crippen LogP contribution is -2.37. The molecule has 0 aliphatic carbocycles. The Labute approximate surface area is 231 Å². The summed E-state index contributed by atoms with van der Waals surface area (Å²) in [6.07, 6.45) is -5.07. The van der Waals surface area contributed by atoms with E-state index in [0.29, 0.717) is 22.8 Å². The van der Waals surface area contributed by atoms with Gasteiger partial charge in [0.1, 0.15) is 29.8 Å². The summed E-state index contributed by atoms with van der Waals surface area (Å²) in [5, 5.41) is 13.2. The minimum absolute atomic E-state index is 0.202. The van der Waals surface area contributed by atoms with Crippen LogP contribution in [0.3, 0.4) is 0 Å². The molecule has 0 radical (unpaired) electrons. The van der Waals surface area contributed by atoms with Crippen LogP contribution in [-0.4, -0.2) is 81.8 Å². The molecule has 1 fully saturated rings. The molecule has 15 heteroatoms. The average Bonchev–Trinajstić information content (AvgIpc) is 3.42. The number of ether oxygens (including phenoxy) is 2. The molecule has 6 atom stereocenters. The van der Waals surface area contributed by atoms with Crippen molar-refractivity contribution >= 4 is 30.7 Å². The fourth-order valence-corrected chi connectivity index (χ4v) is 5.58. The topological polar surface area (TPSA) is 150 Å². The van der Waals surface area contributed by atoms with Gasteiger partial charge in [0.2, 0.25) is 0 Å². The van der Waals surface area contributed by atoms with Gasteiger partial charge in [-0.2, -0.15) is 5.09 Å². The van der Waals surface area contributed by atoms with Crippen LogP contribution in [0, 0.1) is 6.92 Å². The Morgan fingerprint density at radius 2 is 1.95 bits per heavy atom. The second-order valence-electron chi connectivity index (χ2n) is 9.85. The number of benzene rings is 1. The second-order valence-corrected chi connectivity index (χ2v) is 11.5. The van der Waals surface area contributed by atoms with E-state index < -0.39 is 57.1 Å². The molecule has 2 N–H and O–H groups in total. The summed E-state index contributed by atoms with van der Waals surface area (Å²) in [6.45, 7) is 5.99. The minimum Gasteiger partial charge on any atom is -0.462 e. The highest BCUT2D eigenvalue weighted by atomic mass is 31.2. The van der Waals surface area contributed by atoms with Gasteiger partial charge in [-0.05, 0) is 39.8 Å². The van der Waals surface area contributed by atoms with E-state index in [1.165, 1.54) is 17.8 Å². The van der Waals surface area contributed by atoms with E-state index in [1.807, 2.05) is 0 Å². The molecular formula is C25H34FN6O7P. The van der Waals surface area contributed by atoms with Crippen molar-refractivity contribution in [2.45, 2.75) is 64.4 Å². The van der Waals surface area contributed by atoms with Crippen LogP contribution >= 0.6 is 7.75 Å². The molecule has 1 aromatic carbocycles. The Balaban J connectivity index is 1.53. The summed E-state index contributed by atoms with van der Waals surface area (Å²) in [5.41, 5.74) is 0.766. The first-order valence-corrected chi connectivity index (χ1v) is 14.3. The summed E-state index contributed by atoms with van der Waals surface area (Å²) >= 11 is 0. The highest BCUT2D eigenvalue weighted by Crippen LogP contribution is 2.46. The Morgan fingerprint density at radius 1 is 1.25 bits per heavy atom. The number of hydrogen-bond acceptors (Lipinski definition) is 11. The number of halogens is 1. The molecule has 1 unspecified atom stereocenters. The number of nitrogens with zero attached hydrogens (tertiary/aromatic N) is 5. The molecule has 3 aromatic rings. The maximum atomic E-state index is 15.4. The Hall–Kier alpha value is -3.16. The zero-order valence-corrected chi connectivity index (χ0v) is 24.0. The molecule has 13 nitrogen and oxygen atoms in total. The highest BCUT2D eigenvalue weighted by molar-refractivity contribution is 7.52. The van der Waals surface area contributed by atoms with Gasteiger partial charge in [0.05, 0.1) is 19.0 Å². The normalized spacial score (nSPS) is 23.2. The van der Waals surface area contributed by atoms with Crippen LogP contribution in [0.15, 0.2) is 36.7 Å². The third-order valence-corrected chi connectivity index (χ3v) is 7.58. The van der Waals surface area contributed by atoms with Crippen molar-refractivity contribution in [3.8, 4) is 5.75 Å². The van der Waals surface area contributed by atoms with Gasteiger partial charge in [-0.25, -0.2) is 23.9 Å². The SMILES string of the molecule is Cc1nc(N(C)C)c2ncn([C@@H]3O[C@H](COP(=O)(N[C@H](C)C(=O)OC(C)C)Oc4ccccc4)[C@@H](O)[C@H]3F)c2n1. The molecule has 0 saturated carbocycles. The van der Waals surface area contributed by atoms with Gasteiger partial charge in [-0.1, -0.05) is 18.2 Å². The Morgan fingerprint density at radius 3 is 2.60 bits per heavy atom. The van der Waals surface area contributed by atoms with E-state index in [9.17, 15) is 14.5 Å². The molecular weight excluding hydrogens is 546 g/mol. The lowest BCUT2D eigenvalue weighted by molar-refractivity contribution is -0.149. The van der Waals surface area contributed by atoms with Crippen LogP contribution < -0.4 is 14.5 Å². The molecule has 0 bridgehead atoms. The predicted octanol–water partition coefficient (Wildman–Crippen LogP) is 2.93. The number of aliphatic hydroxyl groups is 1. The second kappa shape index (κ2) is 12.1. The summed E-state index contributed by atoms with van der Waals surface area (Å²) < 4.78 is 52.7. The molecule has 218 valence electrons. The van der Waals surface area contributed by atoms with Crippen LogP contribution in [0.2, 0.25) is 0 Å². The quantitative estimate of drug-likeness (QED) is 0.254. The average molecular weight is 581 g/mol. The molecule has 2 aromatic heterocycles. The lowest BCUT2D eigenvalue weighted by atomic mass is 10.1. The first kappa shape index (κ1) is 29.8. The number of carbonyl (C=O) groups is 1. The first-order chi connectivity index (χ1) is 18.9. The molecule has 1 aliphatic rings. The van der Waals surface area contributed by atoms with Crippen LogP contribution in [0.4, 0.5) is 10.2 Å². The van der Waals surface area contributed by atoms with Crippen LogP contribution in [0.25, 0.3) is 11.2 Å². The number of alkyl halides is 1. The monoisotopic (exact) mass is 580 g/mol. The molecule has 4 rings (SSSR count). The van der Waals surface area contributed by atoms with E-state index >= 15 is 4.39 Å². The van der Waals surface area contributed by atoms with Crippen LogP contribution in [-0.2, 0) is 23.4 Å². The largest absolute Gasteiger partial charge is 0.462 e. The van der Waals surface area contributed by atoms with Crippen molar-refractivity contribution in [3.05, 3.63) is 42.5 Å². The van der Waals surface area contributed by atoms with Crippen molar-refractivity contribution < 1.29 is 37.4 Å². The molecule has 40 heavy (non-hydrogen) atoms. The van der Waals surface area contributed by atoms with Crippen molar-refractivity contribution in [2.75, 3.05) is 25.6 Å². The maximum Gasteiger partial charge on any atom is 0.459 e. The van der Waals surface area contributed by atoms with Crippen LogP contribution in [0.1, 0.15) is 32.8 Å². The number of carbonyl (C=O) groups excluding carboxylic acids is 1. The van der Waals surface area contributed by atoms with Crippen LogP contribution in [0.5, 0.6) is 5.75 Å². The molecule has 1 saturated heterocycles. The maximum absolute atomic E-state index is 15.4. The zero-order chi connectivity index (χ0) is 29.2. The number of esters is 1. The fraction of sp³-hybridized carbons (Fsp3) is 0.520. The molecule has 0 amide bonds. The van der Waals surface area contributed by atoms with Gasteiger partial charge in [0.25, 0.3) is 0 Å². The molecule has 1 aliphatic heterocycles. The van der Waals surface area contributed by atoms with Gasteiger partial charge >= 0.3 is 13.7 Å². The van der Waals surface area contributed by atoms with Crippen molar-refractivity contribution in [1.82, 2.24) is 24.6 Å². The number of aryl methyl sites for hydroxylation is 1. The number of rotatable bonds is 11. The highest BCUT2D eigenvalue weighted by Gasteiger charge is 2.47. The summed E-state index contributed by atoms with van der Waals surface area (Å²) in [4.78, 5) is 27.2. The Kier molecular flexibility index (Phi) is 9.06. The van der Waals surface area contributed by atoms with Crippen molar-refractivity contribution in [2.24, 2.45) is 0 Å².